The third kappa shape index (κ3) is 3.56. The van der Waals surface area contributed by atoms with Crippen molar-refractivity contribution < 1.29 is 0 Å². The van der Waals surface area contributed by atoms with E-state index in [9.17, 15) is 0 Å². The SMILES string of the molecule is C[P+](C)(C)NN(c1ccccc1)c1ccccc1. The molecule has 0 heterocycles. The van der Waals surface area contributed by atoms with E-state index in [0.717, 1.165) is 0 Å². The van der Waals surface area contributed by atoms with Crippen molar-refractivity contribution in [1.29, 1.82) is 0 Å². The Morgan fingerprint density at radius 1 is 0.722 bits per heavy atom. The van der Waals surface area contributed by atoms with E-state index in [2.05, 4.69) is 78.7 Å². The van der Waals surface area contributed by atoms with Gasteiger partial charge in [0.05, 0.1) is 38.8 Å². The Kier molecular flexibility index (Phi) is 4.00. The molecule has 0 radical (unpaired) electrons. The Bertz CT molecular complexity index is 437. The maximum Gasteiger partial charge on any atom is 0.0942 e. The number of anilines is 2. The molecule has 2 aromatic rings. The quantitative estimate of drug-likeness (QED) is 0.655. The highest BCUT2D eigenvalue weighted by Crippen LogP contribution is 2.43. The van der Waals surface area contributed by atoms with Gasteiger partial charge < -0.3 is 0 Å². The fourth-order valence-electron chi connectivity index (χ4n) is 1.72. The molecule has 0 atom stereocenters. The summed E-state index contributed by atoms with van der Waals surface area (Å²) in [6, 6.07) is 20.8. The normalized spacial score (nSPS) is 11.3. The molecule has 0 spiro atoms. The van der Waals surface area contributed by atoms with E-state index in [4.69, 9.17) is 0 Å². The second-order valence-electron chi connectivity index (χ2n) is 5.12. The molecular weight excluding hydrogens is 239 g/mol. The molecule has 1 N–H and O–H groups in total. The van der Waals surface area contributed by atoms with Gasteiger partial charge in [-0.2, -0.15) is 0 Å². The van der Waals surface area contributed by atoms with Crippen molar-refractivity contribution in [2.75, 3.05) is 25.0 Å². The average Bonchev–Trinajstić information content (AvgIpc) is 2.37. The van der Waals surface area contributed by atoms with E-state index >= 15 is 0 Å². The number of benzene rings is 2. The number of hydrazine groups is 1. The summed E-state index contributed by atoms with van der Waals surface area (Å²) in [6.45, 7) is 6.81. The fraction of sp³-hybridized carbons (Fsp3) is 0.200. The average molecular weight is 259 g/mol. The predicted molar refractivity (Wildman–Crippen MR) is 82.9 cm³/mol. The molecule has 2 aromatic carbocycles. The zero-order valence-corrected chi connectivity index (χ0v) is 12.1. The zero-order valence-electron chi connectivity index (χ0n) is 11.2. The lowest BCUT2D eigenvalue weighted by atomic mass is 10.2. The van der Waals surface area contributed by atoms with E-state index in [-0.39, 0.29) is 0 Å². The molecule has 94 valence electrons. The van der Waals surface area contributed by atoms with Gasteiger partial charge in [-0.3, -0.25) is 0 Å². The first kappa shape index (κ1) is 13.1. The third-order valence-corrected chi connectivity index (χ3v) is 3.23. The van der Waals surface area contributed by atoms with Crippen molar-refractivity contribution in [3.05, 3.63) is 60.7 Å². The maximum atomic E-state index is 3.63. The predicted octanol–water partition coefficient (Wildman–Crippen LogP) is 4.15. The zero-order chi connectivity index (χ0) is 13.0. The fourth-order valence-corrected chi connectivity index (χ4v) is 2.55. The largest absolute Gasteiger partial charge is 0.247 e. The van der Waals surface area contributed by atoms with Crippen LogP contribution >= 0.6 is 7.41 Å². The summed E-state index contributed by atoms with van der Waals surface area (Å²) in [4.78, 5) is 0. The Morgan fingerprint density at radius 2 is 1.11 bits per heavy atom. The molecule has 0 bridgehead atoms. The highest BCUT2D eigenvalue weighted by Gasteiger charge is 2.22. The second kappa shape index (κ2) is 5.51. The molecule has 2 nitrogen and oxygen atoms in total. The van der Waals surface area contributed by atoms with Crippen molar-refractivity contribution >= 4 is 18.8 Å². The molecule has 2 rings (SSSR count). The van der Waals surface area contributed by atoms with Crippen molar-refractivity contribution in [1.82, 2.24) is 5.20 Å². The van der Waals surface area contributed by atoms with Crippen LogP contribution in [0.4, 0.5) is 11.4 Å². The van der Waals surface area contributed by atoms with Gasteiger partial charge in [0.15, 0.2) is 0 Å². The summed E-state index contributed by atoms with van der Waals surface area (Å²) in [5, 5.41) is 5.81. The van der Waals surface area contributed by atoms with E-state index in [1.54, 1.807) is 0 Å². The van der Waals surface area contributed by atoms with Crippen LogP contribution in [-0.4, -0.2) is 20.0 Å². The van der Waals surface area contributed by atoms with Gasteiger partial charge in [0, 0.05) is 0 Å². The van der Waals surface area contributed by atoms with Crippen LogP contribution in [-0.2, 0) is 0 Å². The first-order chi connectivity index (χ1) is 8.56. The summed E-state index contributed by atoms with van der Waals surface area (Å²) >= 11 is 0. The van der Waals surface area contributed by atoms with Gasteiger partial charge >= 0.3 is 0 Å². The number of nitrogens with zero attached hydrogens (tertiary/aromatic N) is 1. The molecule has 0 fully saturated rings. The molecule has 0 aliphatic rings. The Morgan fingerprint density at radius 3 is 1.44 bits per heavy atom. The van der Waals surface area contributed by atoms with E-state index < -0.39 is 7.41 Å². The summed E-state index contributed by atoms with van der Waals surface area (Å²) in [5.41, 5.74) is 2.33. The minimum absolute atomic E-state index is 1.13. The van der Waals surface area contributed by atoms with Gasteiger partial charge in [0.2, 0.25) is 0 Å². The van der Waals surface area contributed by atoms with Gasteiger partial charge in [0.25, 0.3) is 0 Å². The Hall–Kier alpha value is -1.37. The van der Waals surface area contributed by atoms with Crippen LogP contribution < -0.4 is 10.2 Å². The van der Waals surface area contributed by atoms with Crippen molar-refractivity contribution in [2.24, 2.45) is 0 Å². The van der Waals surface area contributed by atoms with Crippen LogP contribution in [0.1, 0.15) is 0 Å². The summed E-state index contributed by atoms with van der Waals surface area (Å²) in [7, 11) is -1.13. The van der Waals surface area contributed by atoms with Gasteiger partial charge in [-0.15, -0.1) is 5.20 Å². The Balaban J connectivity index is 2.36. The number of nitrogens with one attached hydrogen (secondary N) is 1. The van der Waals surface area contributed by atoms with Crippen LogP contribution in [0.2, 0.25) is 0 Å². The number of hydrogen-bond donors (Lipinski definition) is 1. The van der Waals surface area contributed by atoms with Crippen molar-refractivity contribution in [3.63, 3.8) is 0 Å². The third-order valence-electron chi connectivity index (χ3n) is 2.43. The van der Waals surface area contributed by atoms with Crippen LogP contribution in [0.25, 0.3) is 0 Å². The van der Waals surface area contributed by atoms with E-state index in [0.29, 0.717) is 0 Å². The topological polar surface area (TPSA) is 15.3 Å². The molecule has 0 saturated carbocycles. The van der Waals surface area contributed by atoms with Crippen LogP contribution in [0.5, 0.6) is 0 Å². The van der Waals surface area contributed by atoms with Crippen molar-refractivity contribution in [3.8, 4) is 0 Å². The molecular formula is C15H20N2P+. The molecule has 0 amide bonds. The van der Waals surface area contributed by atoms with Gasteiger partial charge in [-0.25, -0.2) is 5.01 Å². The smallest absolute Gasteiger partial charge is 0.0942 e. The number of para-hydroxylation sites is 2. The lowest BCUT2D eigenvalue weighted by Crippen LogP contribution is -2.32. The summed E-state index contributed by atoms with van der Waals surface area (Å²) < 4.78 is 0. The molecule has 18 heavy (non-hydrogen) atoms. The van der Waals surface area contributed by atoms with Crippen molar-refractivity contribution in [2.45, 2.75) is 0 Å². The summed E-state index contributed by atoms with van der Waals surface area (Å²) in [6.07, 6.45) is 0. The van der Waals surface area contributed by atoms with E-state index in [1.165, 1.54) is 11.4 Å². The minimum Gasteiger partial charge on any atom is -0.247 e. The maximum absolute atomic E-state index is 3.63. The molecule has 0 aliphatic carbocycles. The van der Waals surface area contributed by atoms with Crippen LogP contribution in [0, 0.1) is 0 Å². The monoisotopic (exact) mass is 259 g/mol. The minimum atomic E-state index is -1.13. The van der Waals surface area contributed by atoms with Gasteiger partial charge in [-0.1, -0.05) is 36.4 Å². The molecule has 0 unspecified atom stereocenters. The molecule has 3 heteroatoms. The summed E-state index contributed by atoms with van der Waals surface area (Å²) in [5.74, 6) is 0. The lowest BCUT2D eigenvalue weighted by Gasteiger charge is -2.28. The lowest BCUT2D eigenvalue weighted by molar-refractivity contribution is 0.969. The van der Waals surface area contributed by atoms with Crippen LogP contribution in [0.3, 0.4) is 0 Å². The Labute approximate surface area is 110 Å². The van der Waals surface area contributed by atoms with Gasteiger partial charge in [0.1, 0.15) is 0 Å². The standard InChI is InChI=1S/C15H20N2P/c1-18(2,3)16-17(14-10-6-4-7-11-14)15-12-8-5-9-13-15/h4-13,16H,1-3H3/q+1. The second-order valence-corrected chi connectivity index (χ2v) is 9.34. The number of rotatable bonds is 4. The number of hydrogen-bond acceptors (Lipinski definition) is 2. The van der Waals surface area contributed by atoms with Gasteiger partial charge in [-0.05, 0) is 24.3 Å². The molecule has 0 aromatic heterocycles. The first-order valence-corrected chi connectivity index (χ1v) is 9.19. The highest BCUT2D eigenvalue weighted by molar-refractivity contribution is 7.71. The molecule has 0 aliphatic heterocycles. The first-order valence-electron chi connectivity index (χ1n) is 6.06. The highest BCUT2D eigenvalue weighted by atomic mass is 31.2. The van der Waals surface area contributed by atoms with E-state index in [1.807, 2.05) is 12.1 Å². The molecule has 0 saturated heterocycles. The van der Waals surface area contributed by atoms with Crippen LogP contribution in [0.15, 0.2) is 60.7 Å².